The van der Waals surface area contributed by atoms with Crippen LogP contribution in [0.25, 0.3) is 6.08 Å². The van der Waals surface area contributed by atoms with Crippen molar-refractivity contribution in [2.45, 2.75) is 45.8 Å². The van der Waals surface area contributed by atoms with E-state index in [0.717, 1.165) is 11.1 Å². The molecule has 2 nitrogen and oxygen atoms in total. The van der Waals surface area contributed by atoms with E-state index < -0.39 is 7.12 Å². The van der Waals surface area contributed by atoms with Crippen LogP contribution in [0.2, 0.25) is 0 Å². The van der Waals surface area contributed by atoms with Gasteiger partial charge in [-0.1, -0.05) is 18.1 Å². The Labute approximate surface area is 114 Å². The van der Waals surface area contributed by atoms with Crippen LogP contribution in [0.15, 0.2) is 24.2 Å². The molecule has 1 aromatic rings. The molecule has 0 amide bonds. The van der Waals surface area contributed by atoms with E-state index in [4.69, 9.17) is 9.31 Å². The molecule has 0 unspecified atom stereocenters. The summed E-state index contributed by atoms with van der Waals surface area (Å²) in [6.07, 6.45) is 1.85. The van der Waals surface area contributed by atoms with E-state index in [1.54, 1.807) is 6.07 Å². The molecule has 19 heavy (non-hydrogen) atoms. The second-order valence-electron chi connectivity index (χ2n) is 5.98. The van der Waals surface area contributed by atoms with Crippen molar-refractivity contribution >= 4 is 13.2 Å². The Kier molecular flexibility index (Phi) is 3.58. The molecule has 1 fully saturated rings. The first-order valence-electron chi connectivity index (χ1n) is 6.51. The second kappa shape index (κ2) is 4.76. The molecule has 0 aromatic heterocycles. The van der Waals surface area contributed by atoms with Crippen LogP contribution in [0.5, 0.6) is 0 Å². The maximum absolute atomic E-state index is 13.2. The van der Waals surface area contributed by atoms with Crippen molar-refractivity contribution in [3.05, 3.63) is 41.1 Å². The highest BCUT2D eigenvalue weighted by atomic mass is 19.1. The summed E-state index contributed by atoms with van der Waals surface area (Å²) in [5.41, 5.74) is 1.17. The van der Waals surface area contributed by atoms with E-state index in [2.05, 4.69) is 0 Å². The van der Waals surface area contributed by atoms with Gasteiger partial charge in [0.1, 0.15) is 5.82 Å². The first-order chi connectivity index (χ1) is 8.71. The molecule has 4 heteroatoms. The van der Waals surface area contributed by atoms with Gasteiger partial charge in [-0.2, -0.15) is 0 Å². The summed E-state index contributed by atoms with van der Waals surface area (Å²) in [6, 6.07) is 4.73. The minimum Gasteiger partial charge on any atom is -0.400 e. The monoisotopic (exact) mass is 262 g/mol. The van der Waals surface area contributed by atoms with E-state index in [1.807, 2.05) is 46.7 Å². The van der Waals surface area contributed by atoms with E-state index in [-0.39, 0.29) is 17.0 Å². The van der Waals surface area contributed by atoms with Gasteiger partial charge in [0.2, 0.25) is 0 Å². The van der Waals surface area contributed by atoms with Gasteiger partial charge < -0.3 is 9.31 Å². The van der Waals surface area contributed by atoms with Crippen molar-refractivity contribution in [2.24, 2.45) is 0 Å². The van der Waals surface area contributed by atoms with Gasteiger partial charge in [-0.15, -0.1) is 0 Å². The van der Waals surface area contributed by atoms with Crippen LogP contribution in [0.4, 0.5) is 4.39 Å². The SMILES string of the molecule is Cc1ccc(F)cc1C=CB1OC(C)(C)C(C)(C)O1. The average Bonchev–Trinajstić information content (AvgIpc) is 2.49. The predicted octanol–water partition coefficient (Wildman–Crippen LogP) is 3.78. The fourth-order valence-corrected chi connectivity index (χ4v) is 1.94. The average molecular weight is 262 g/mol. The Morgan fingerprint density at radius 3 is 2.26 bits per heavy atom. The number of hydrogen-bond donors (Lipinski definition) is 0. The lowest BCUT2D eigenvalue weighted by atomic mass is 9.88. The summed E-state index contributed by atoms with van der Waals surface area (Å²) >= 11 is 0. The molecule has 0 atom stereocenters. The number of halogens is 1. The first kappa shape index (κ1) is 14.3. The van der Waals surface area contributed by atoms with Crippen LogP contribution in [0.1, 0.15) is 38.8 Å². The summed E-state index contributed by atoms with van der Waals surface area (Å²) in [4.78, 5) is 0. The molecule has 0 bridgehead atoms. The van der Waals surface area contributed by atoms with Crippen molar-refractivity contribution in [1.29, 1.82) is 0 Å². The van der Waals surface area contributed by atoms with Crippen molar-refractivity contribution in [2.75, 3.05) is 0 Å². The predicted molar refractivity (Wildman–Crippen MR) is 76.3 cm³/mol. The molecular weight excluding hydrogens is 242 g/mol. The summed E-state index contributed by atoms with van der Waals surface area (Å²) in [5.74, 6) is 1.59. The highest BCUT2D eigenvalue weighted by Crippen LogP contribution is 2.37. The smallest absolute Gasteiger partial charge is 0.400 e. The van der Waals surface area contributed by atoms with Crippen molar-refractivity contribution in [1.82, 2.24) is 0 Å². The molecule has 1 aliphatic rings. The van der Waals surface area contributed by atoms with Gasteiger partial charge >= 0.3 is 7.12 Å². The lowest BCUT2D eigenvalue weighted by molar-refractivity contribution is 0.00578. The molecule has 0 spiro atoms. The summed E-state index contributed by atoms with van der Waals surface area (Å²) in [6.45, 7) is 9.98. The van der Waals surface area contributed by atoms with Gasteiger partial charge in [0.05, 0.1) is 11.2 Å². The van der Waals surface area contributed by atoms with Crippen LogP contribution < -0.4 is 0 Å². The molecule has 2 rings (SSSR count). The third-order valence-corrected chi connectivity index (χ3v) is 3.95. The van der Waals surface area contributed by atoms with Crippen molar-refractivity contribution < 1.29 is 13.7 Å². The second-order valence-corrected chi connectivity index (χ2v) is 5.98. The van der Waals surface area contributed by atoms with E-state index >= 15 is 0 Å². The number of rotatable bonds is 2. The van der Waals surface area contributed by atoms with Crippen LogP contribution in [0, 0.1) is 12.7 Å². The summed E-state index contributed by atoms with van der Waals surface area (Å²) in [7, 11) is -0.396. The molecule has 1 aromatic carbocycles. The molecule has 0 saturated carbocycles. The Morgan fingerprint density at radius 1 is 1.11 bits per heavy atom. The van der Waals surface area contributed by atoms with E-state index in [1.165, 1.54) is 12.1 Å². The van der Waals surface area contributed by atoms with Gasteiger partial charge in [-0.05, 0) is 57.9 Å². The normalized spacial score (nSPS) is 21.3. The lowest BCUT2D eigenvalue weighted by Gasteiger charge is -2.32. The molecule has 0 N–H and O–H groups in total. The van der Waals surface area contributed by atoms with E-state index in [9.17, 15) is 4.39 Å². The fraction of sp³-hybridized carbons (Fsp3) is 0.467. The lowest BCUT2D eigenvalue weighted by Crippen LogP contribution is -2.41. The molecule has 1 heterocycles. The molecular formula is C15H20BFO2. The third-order valence-electron chi connectivity index (χ3n) is 3.95. The Bertz CT molecular complexity index is 493. The minimum absolute atomic E-state index is 0.237. The van der Waals surface area contributed by atoms with Crippen LogP contribution in [0.3, 0.4) is 0 Å². The standard InChI is InChI=1S/C15H20BFO2/c1-11-6-7-13(17)10-12(11)8-9-16-18-14(2,3)15(4,5)19-16/h6-10H,1-5H3. The number of hydrogen-bond acceptors (Lipinski definition) is 2. The fourth-order valence-electron chi connectivity index (χ4n) is 1.94. The topological polar surface area (TPSA) is 18.5 Å². The number of benzene rings is 1. The molecule has 102 valence electrons. The van der Waals surface area contributed by atoms with Crippen LogP contribution >= 0.6 is 0 Å². The highest BCUT2D eigenvalue weighted by Gasteiger charge is 2.49. The van der Waals surface area contributed by atoms with Gasteiger partial charge in [-0.25, -0.2) is 4.39 Å². The number of aryl methyl sites for hydroxylation is 1. The van der Waals surface area contributed by atoms with Crippen LogP contribution in [-0.4, -0.2) is 18.3 Å². The maximum Gasteiger partial charge on any atom is 0.487 e. The van der Waals surface area contributed by atoms with Crippen LogP contribution in [-0.2, 0) is 9.31 Å². The summed E-state index contributed by atoms with van der Waals surface area (Å²) in [5, 5.41) is 0. The zero-order chi connectivity index (χ0) is 14.3. The largest absolute Gasteiger partial charge is 0.487 e. The quantitative estimate of drug-likeness (QED) is 0.755. The first-order valence-corrected chi connectivity index (χ1v) is 6.51. The molecule has 0 radical (unpaired) electrons. The van der Waals surface area contributed by atoms with Gasteiger partial charge in [0.15, 0.2) is 0 Å². The zero-order valence-electron chi connectivity index (χ0n) is 12.2. The molecule has 1 saturated heterocycles. The zero-order valence-corrected chi connectivity index (χ0v) is 12.2. The van der Waals surface area contributed by atoms with Gasteiger partial charge in [-0.3, -0.25) is 0 Å². The minimum atomic E-state index is -0.396. The molecule has 0 aliphatic carbocycles. The third kappa shape index (κ3) is 2.90. The van der Waals surface area contributed by atoms with Gasteiger partial charge in [0, 0.05) is 0 Å². The Hall–Kier alpha value is -1.13. The highest BCUT2D eigenvalue weighted by molar-refractivity contribution is 6.52. The van der Waals surface area contributed by atoms with Crippen molar-refractivity contribution in [3.8, 4) is 0 Å². The van der Waals surface area contributed by atoms with E-state index in [0.29, 0.717) is 0 Å². The molecule has 1 aliphatic heterocycles. The van der Waals surface area contributed by atoms with Crippen molar-refractivity contribution in [3.63, 3.8) is 0 Å². The Morgan fingerprint density at radius 2 is 1.68 bits per heavy atom. The summed E-state index contributed by atoms with van der Waals surface area (Å²) < 4.78 is 24.9. The maximum atomic E-state index is 13.2. The van der Waals surface area contributed by atoms with Gasteiger partial charge in [0.25, 0.3) is 0 Å². The Balaban J connectivity index is 2.15.